The highest BCUT2D eigenvalue weighted by molar-refractivity contribution is 6.69. The molecule has 54 valence electrons. The zero-order valence-corrected chi connectivity index (χ0v) is 6.74. The number of halogens is 2. The summed E-state index contributed by atoms with van der Waals surface area (Å²) in [6.45, 7) is 6.72. The molecule has 0 unspecified atom stereocenters. The van der Waals surface area contributed by atoms with Gasteiger partial charge in [-0.25, -0.2) is 0 Å². The SMILES string of the molecule is C=C/C=C(\C(=C)Cl)C(=O)Cl. The first-order valence-corrected chi connectivity index (χ1v) is 3.22. The molecule has 0 rings (SSSR count). The van der Waals surface area contributed by atoms with E-state index in [1.54, 1.807) is 0 Å². The van der Waals surface area contributed by atoms with Crippen molar-refractivity contribution < 1.29 is 4.79 Å². The Morgan fingerprint density at radius 1 is 1.40 bits per heavy atom. The molecule has 0 atom stereocenters. The Morgan fingerprint density at radius 2 is 1.90 bits per heavy atom. The largest absolute Gasteiger partial charge is 0.276 e. The lowest BCUT2D eigenvalue weighted by Crippen LogP contribution is -1.91. The Kier molecular flexibility index (Phi) is 4.08. The summed E-state index contributed by atoms with van der Waals surface area (Å²) in [4.78, 5) is 10.5. The summed E-state index contributed by atoms with van der Waals surface area (Å²) < 4.78 is 0. The molecule has 0 fully saturated rings. The van der Waals surface area contributed by atoms with Crippen LogP contribution in [-0.4, -0.2) is 5.24 Å². The molecule has 0 aromatic rings. The average molecular weight is 177 g/mol. The highest BCUT2D eigenvalue weighted by Gasteiger charge is 2.05. The van der Waals surface area contributed by atoms with Crippen molar-refractivity contribution in [2.45, 2.75) is 0 Å². The number of hydrogen-bond acceptors (Lipinski definition) is 1. The Balaban J connectivity index is 4.58. The van der Waals surface area contributed by atoms with E-state index in [4.69, 9.17) is 23.2 Å². The van der Waals surface area contributed by atoms with Crippen molar-refractivity contribution in [3.8, 4) is 0 Å². The number of allylic oxidation sites excluding steroid dienone is 4. The van der Waals surface area contributed by atoms with Crippen LogP contribution < -0.4 is 0 Å². The maximum atomic E-state index is 10.5. The van der Waals surface area contributed by atoms with E-state index in [-0.39, 0.29) is 10.6 Å². The predicted octanol–water partition coefficient (Wildman–Crippen LogP) is 2.62. The molecule has 0 aliphatic carbocycles. The van der Waals surface area contributed by atoms with Gasteiger partial charge in [0, 0.05) is 5.03 Å². The van der Waals surface area contributed by atoms with E-state index in [1.165, 1.54) is 12.2 Å². The van der Waals surface area contributed by atoms with Crippen LogP contribution in [0.4, 0.5) is 0 Å². The van der Waals surface area contributed by atoms with Gasteiger partial charge >= 0.3 is 0 Å². The van der Waals surface area contributed by atoms with E-state index in [9.17, 15) is 4.79 Å². The monoisotopic (exact) mass is 176 g/mol. The van der Waals surface area contributed by atoms with Crippen molar-refractivity contribution in [2.75, 3.05) is 0 Å². The first-order valence-electron chi connectivity index (χ1n) is 2.47. The molecule has 0 amide bonds. The fourth-order valence-corrected chi connectivity index (χ4v) is 0.755. The second kappa shape index (κ2) is 4.31. The fraction of sp³-hybridized carbons (Fsp3) is 0. The standard InChI is InChI=1S/C7H6Cl2O/c1-3-4-6(5(2)8)7(9)10/h3-4H,1-2H2/b6-4+. The fourth-order valence-electron chi connectivity index (χ4n) is 0.380. The normalized spacial score (nSPS) is 10.8. The summed E-state index contributed by atoms with van der Waals surface area (Å²) in [6, 6.07) is 0. The molecule has 1 nitrogen and oxygen atoms in total. The smallest absolute Gasteiger partial charge is 0.253 e. The Hall–Kier alpha value is -0.530. The van der Waals surface area contributed by atoms with Crippen LogP contribution in [0.3, 0.4) is 0 Å². The van der Waals surface area contributed by atoms with Gasteiger partial charge in [0.1, 0.15) is 0 Å². The maximum absolute atomic E-state index is 10.5. The van der Waals surface area contributed by atoms with Gasteiger partial charge in [-0.2, -0.15) is 0 Å². The molecule has 0 aliphatic heterocycles. The Labute approximate surface area is 69.6 Å². The van der Waals surface area contributed by atoms with Crippen LogP contribution in [0, 0.1) is 0 Å². The third-order valence-electron chi connectivity index (χ3n) is 0.789. The van der Waals surface area contributed by atoms with Crippen LogP contribution in [0.15, 0.2) is 35.9 Å². The van der Waals surface area contributed by atoms with Crippen LogP contribution in [0.1, 0.15) is 0 Å². The lowest BCUT2D eigenvalue weighted by molar-refractivity contribution is -0.108. The molecule has 10 heavy (non-hydrogen) atoms. The summed E-state index contributed by atoms with van der Waals surface area (Å²) >= 11 is 10.5. The van der Waals surface area contributed by atoms with Crippen molar-refractivity contribution in [2.24, 2.45) is 0 Å². The molecule has 0 radical (unpaired) electrons. The van der Waals surface area contributed by atoms with Crippen molar-refractivity contribution in [1.82, 2.24) is 0 Å². The van der Waals surface area contributed by atoms with Gasteiger partial charge in [-0.05, 0) is 17.7 Å². The molecule has 3 heteroatoms. The summed E-state index contributed by atoms with van der Waals surface area (Å²) in [5.41, 5.74) is 0.179. The van der Waals surface area contributed by atoms with Gasteiger partial charge in [-0.3, -0.25) is 4.79 Å². The van der Waals surface area contributed by atoms with Crippen LogP contribution in [0.5, 0.6) is 0 Å². The quantitative estimate of drug-likeness (QED) is 0.368. The van der Waals surface area contributed by atoms with E-state index < -0.39 is 5.24 Å². The molecule has 0 aromatic heterocycles. The van der Waals surface area contributed by atoms with Gasteiger partial charge < -0.3 is 0 Å². The van der Waals surface area contributed by atoms with Crippen molar-refractivity contribution in [3.63, 3.8) is 0 Å². The second-order valence-corrected chi connectivity index (χ2v) is 2.29. The van der Waals surface area contributed by atoms with Crippen molar-refractivity contribution in [1.29, 1.82) is 0 Å². The summed E-state index contributed by atoms with van der Waals surface area (Å²) in [6.07, 6.45) is 2.83. The Bertz CT molecular complexity index is 188. The number of carbonyl (C=O) groups is 1. The van der Waals surface area contributed by atoms with E-state index in [2.05, 4.69) is 13.2 Å². The first-order chi connectivity index (χ1) is 4.59. The van der Waals surface area contributed by atoms with Crippen molar-refractivity contribution in [3.05, 3.63) is 35.9 Å². The second-order valence-electron chi connectivity index (χ2n) is 1.49. The van der Waals surface area contributed by atoms with Crippen LogP contribution in [0.25, 0.3) is 0 Å². The molecule has 0 spiro atoms. The van der Waals surface area contributed by atoms with Crippen molar-refractivity contribution >= 4 is 28.4 Å². The van der Waals surface area contributed by atoms with Gasteiger partial charge in [0.2, 0.25) is 0 Å². The van der Waals surface area contributed by atoms with Crippen LogP contribution >= 0.6 is 23.2 Å². The Morgan fingerprint density at radius 3 is 2.00 bits per heavy atom. The lowest BCUT2D eigenvalue weighted by Gasteiger charge is -1.93. The highest BCUT2D eigenvalue weighted by atomic mass is 35.5. The van der Waals surface area contributed by atoms with Gasteiger partial charge in [-0.15, -0.1) is 0 Å². The molecule has 0 saturated heterocycles. The zero-order valence-electron chi connectivity index (χ0n) is 5.23. The molecule has 0 heterocycles. The predicted molar refractivity (Wildman–Crippen MR) is 44.1 cm³/mol. The number of carbonyl (C=O) groups excluding carboxylic acids is 1. The summed E-state index contributed by atoms with van der Waals surface area (Å²) in [5.74, 6) is 0. The third-order valence-corrected chi connectivity index (χ3v) is 1.20. The minimum atomic E-state index is -0.625. The molecule has 0 aliphatic rings. The number of hydrogen-bond donors (Lipinski definition) is 0. The van der Waals surface area contributed by atoms with E-state index >= 15 is 0 Å². The lowest BCUT2D eigenvalue weighted by atomic mass is 10.2. The third kappa shape index (κ3) is 2.85. The summed E-state index contributed by atoms with van der Waals surface area (Å²) in [7, 11) is 0. The van der Waals surface area contributed by atoms with Gasteiger partial charge in [0.15, 0.2) is 0 Å². The topological polar surface area (TPSA) is 17.1 Å². The minimum Gasteiger partial charge on any atom is -0.276 e. The maximum Gasteiger partial charge on any atom is 0.253 e. The van der Waals surface area contributed by atoms with Gasteiger partial charge in [0.25, 0.3) is 5.24 Å². The van der Waals surface area contributed by atoms with Crippen LogP contribution in [-0.2, 0) is 4.79 Å². The van der Waals surface area contributed by atoms with Gasteiger partial charge in [-0.1, -0.05) is 30.8 Å². The zero-order chi connectivity index (χ0) is 8.15. The first kappa shape index (κ1) is 9.47. The molecular formula is C7H6Cl2O. The van der Waals surface area contributed by atoms with E-state index in [0.29, 0.717) is 0 Å². The number of rotatable bonds is 3. The summed E-state index contributed by atoms with van der Waals surface area (Å²) in [5, 5.41) is -0.500. The molecule has 0 N–H and O–H groups in total. The molecule has 0 aromatic carbocycles. The average Bonchev–Trinajstić information content (AvgIpc) is 1.81. The highest BCUT2D eigenvalue weighted by Crippen LogP contribution is 2.14. The van der Waals surface area contributed by atoms with Crippen LogP contribution in [0.2, 0.25) is 0 Å². The van der Waals surface area contributed by atoms with Gasteiger partial charge in [0.05, 0.1) is 5.57 Å². The molecule has 0 bridgehead atoms. The van der Waals surface area contributed by atoms with E-state index in [0.717, 1.165) is 0 Å². The molecule has 0 saturated carbocycles. The van der Waals surface area contributed by atoms with E-state index in [1.807, 2.05) is 0 Å². The molecular weight excluding hydrogens is 171 g/mol. The minimum absolute atomic E-state index is 0.125.